The van der Waals surface area contributed by atoms with Crippen molar-refractivity contribution in [3.63, 3.8) is 0 Å². The smallest absolute Gasteiger partial charge is 0.155 e. The molecule has 0 amide bonds. The second kappa shape index (κ2) is 10.5. The second-order valence-corrected chi connectivity index (χ2v) is 10.1. The van der Waals surface area contributed by atoms with Crippen LogP contribution in [-0.2, 0) is 24.9 Å². The van der Waals surface area contributed by atoms with Crippen LogP contribution in [0.4, 0.5) is 0 Å². The fourth-order valence-corrected chi connectivity index (χ4v) is 6.03. The molecule has 0 unspecified atom stereocenters. The van der Waals surface area contributed by atoms with Gasteiger partial charge in [-0.1, -0.05) is 59.3 Å². The molecule has 4 aromatic carbocycles. The van der Waals surface area contributed by atoms with Crippen molar-refractivity contribution in [3.05, 3.63) is 109 Å². The Labute approximate surface area is 237 Å². The van der Waals surface area contributed by atoms with Gasteiger partial charge < -0.3 is 9.67 Å². The van der Waals surface area contributed by atoms with E-state index < -0.39 is 0 Å². The van der Waals surface area contributed by atoms with Crippen LogP contribution in [0.25, 0.3) is 58.6 Å². The molecule has 0 aliphatic heterocycles. The quantitative estimate of drug-likeness (QED) is 0.112. The Bertz CT molecular complexity index is 1980. The van der Waals surface area contributed by atoms with Crippen LogP contribution in [0.5, 0.6) is 0 Å². The van der Waals surface area contributed by atoms with Crippen molar-refractivity contribution in [2.75, 3.05) is 0 Å². The Balaban J connectivity index is 0.000000329. The zero-order valence-corrected chi connectivity index (χ0v) is 23.9. The number of allylic oxidation sites excluding steroid dienone is 2. The molecule has 0 saturated carbocycles. The predicted octanol–water partition coefficient (Wildman–Crippen LogP) is 8.53. The fourth-order valence-electron chi connectivity index (χ4n) is 4.91. The number of benzene rings is 4. The molecule has 0 aliphatic rings. The van der Waals surface area contributed by atoms with Crippen molar-refractivity contribution in [2.45, 2.75) is 13.8 Å². The Morgan fingerprint density at radius 3 is 2.37 bits per heavy atom. The summed E-state index contributed by atoms with van der Waals surface area (Å²) >= 11 is 1.83. The van der Waals surface area contributed by atoms with E-state index in [1.165, 1.54) is 51.0 Å². The maximum absolute atomic E-state index is 10.0. The molecule has 4 nitrogen and oxygen atoms in total. The predicted molar refractivity (Wildman–Crippen MR) is 155 cm³/mol. The second-order valence-electron chi connectivity index (χ2n) is 8.97. The summed E-state index contributed by atoms with van der Waals surface area (Å²) in [5.41, 5.74) is 4.47. The summed E-state index contributed by atoms with van der Waals surface area (Å²) in [6.45, 7) is 2.85. The minimum absolute atomic E-state index is 0. The van der Waals surface area contributed by atoms with Crippen LogP contribution in [0, 0.1) is 6.07 Å². The largest absolute Gasteiger partial charge is 0.512 e. The third-order valence-electron chi connectivity index (χ3n) is 6.30. The first-order valence-electron chi connectivity index (χ1n) is 12.0. The van der Waals surface area contributed by atoms with Crippen molar-refractivity contribution in [2.24, 2.45) is 0 Å². The number of carbonyl (C=O) groups excluding carboxylic acids is 1. The van der Waals surface area contributed by atoms with Crippen molar-refractivity contribution >= 4 is 70.0 Å². The molecule has 1 radical (unpaired) electrons. The van der Waals surface area contributed by atoms with E-state index in [4.69, 9.17) is 10.1 Å². The number of carbonyl (C=O) groups is 1. The molecule has 6 heteroatoms. The average molecular weight is 692 g/mol. The van der Waals surface area contributed by atoms with E-state index in [2.05, 4.69) is 95.6 Å². The number of fused-ring (bicyclic) bond motifs is 3. The van der Waals surface area contributed by atoms with Gasteiger partial charge in [0.05, 0.1) is 5.76 Å². The first-order valence-corrected chi connectivity index (χ1v) is 12.8. The molecule has 38 heavy (non-hydrogen) atoms. The van der Waals surface area contributed by atoms with Crippen LogP contribution in [0.15, 0.2) is 103 Å². The van der Waals surface area contributed by atoms with Crippen molar-refractivity contribution in [3.8, 4) is 5.69 Å². The number of aliphatic hydroxyl groups is 1. The molecule has 3 aromatic heterocycles. The molecule has 3 heterocycles. The number of thiophene rings is 1. The van der Waals surface area contributed by atoms with E-state index >= 15 is 0 Å². The summed E-state index contributed by atoms with van der Waals surface area (Å²) in [4.78, 5) is 14.9. The molecule has 0 bridgehead atoms. The van der Waals surface area contributed by atoms with E-state index in [0.717, 1.165) is 27.5 Å². The van der Waals surface area contributed by atoms with Crippen molar-refractivity contribution in [1.29, 1.82) is 0 Å². The number of aromatic nitrogens is 2. The Morgan fingerprint density at radius 2 is 1.63 bits per heavy atom. The van der Waals surface area contributed by atoms with E-state index in [0.29, 0.717) is 0 Å². The molecule has 7 rings (SSSR count). The fraction of sp³-hybridized carbons (Fsp3) is 0.0625. The minimum Gasteiger partial charge on any atom is -0.512 e. The number of aliphatic hydroxyl groups excluding tert-OH is 1. The number of nitrogens with zero attached hydrogens (tertiary/aromatic N) is 2. The third-order valence-corrected chi connectivity index (χ3v) is 7.42. The first-order chi connectivity index (χ1) is 18.0. The normalized spacial score (nSPS) is 11.6. The van der Waals surface area contributed by atoms with E-state index in [9.17, 15) is 4.79 Å². The van der Waals surface area contributed by atoms with E-state index in [1.54, 1.807) is 0 Å². The summed E-state index contributed by atoms with van der Waals surface area (Å²) in [6, 6.07) is 33.8. The van der Waals surface area contributed by atoms with Crippen LogP contribution < -0.4 is 0 Å². The number of para-hydroxylation sites is 1. The maximum atomic E-state index is 10.0. The van der Waals surface area contributed by atoms with Crippen LogP contribution >= 0.6 is 11.3 Å². The number of hydrogen-bond acceptors (Lipinski definition) is 4. The number of ketones is 1. The number of pyridine rings is 1. The number of rotatable bonds is 2. The summed E-state index contributed by atoms with van der Waals surface area (Å²) in [5, 5.41) is 14.2. The molecule has 0 fully saturated rings. The third kappa shape index (κ3) is 4.52. The molecular formula is C32H23IrN2O2S-. The minimum atomic E-state index is -0.125. The monoisotopic (exact) mass is 692 g/mol. The zero-order valence-electron chi connectivity index (χ0n) is 20.7. The van der Waals surface area contributed by atoms with Gasteiger partial charge in [-0.15, -0.1) is 28.9 Å². The van der Waals surface area contributed by atoms with Gasteiger partial charge in [0.15, 0.2) is 5.78 Å². The SMILES string of the molecule is CC(=O)/C=C(/C)O.[Ir].[c-]1c2ccccc2cc2c1c1nccc3sc4cccc(c4c31)n2-c1ccccc1. The molecule has 0 spiro atoms. The Morgan fingerprint density at radius 1 is 0.895 bits per heavy atom. The Kier molecular flexibility index (Phi) is 7.13. The molecular weight excluding hydrogens is 669 g/mol. The molecule has 7 aromatic rings. The van der Waals surface area contributed by atoms with Crippen molar-refractivity contribution in [1.82, 2.24) is 9.55 Å². The summed E-state index contributed by atoms with van der Waals surface area (Å²) < 4.78 is 4.92. The van der Waals surface area contributed by atoms with Gasteiger partial charge in [-0.05, 0) is 55.1 Å². The van der Waals surface area contributed by atoms with Crippen LogP contribution in [0.1, 0.15) is 13.8 Å². The van der Waals surface area contributed by atoms with E-state index in [1.807, 2.05) is 17.5 Å². The summed E-state index contributed by atoms with van der Waals surface area (Å²) in [7, 11) is 0. The van der Waals surface area contributed by atoms with Gasteiger partial charge in [-0.3, -0.25) is 9.78 Å². The topological polar surface area (TPSA) is 55.1 Å². The molecule has 0 aliphatic carbocycles. The summed E-state index contributed by atoms with van der Waals surface area (Å²) in [5.74, 6) is -0.0625. The standard InChI is InChI=1S/C27H15N2S.C5H8O2.Ir/c1-2-9-19(10-3-1)29-21-11-6-12-23-25(21)26-24(30-23)13-14-28-27(26)20-15-17-7-4-5-8-18(17)16-22(20)29;1-4(6)3-5(2)7;/h1-14,16H;3,6H,1-2H3;/q-1;;/b;4-3-;. The van der Waals surface area contributed by atoms with Gasteiger partial charge in [0.1, 0.15) is 0 Å². The Hall–Kier alpha value is -3.83. The molecule has 0 saturated heterocycles. The molecule has 0 atom stereocenters. The van der Waals surface area contributed by atoms with Crippen LogP contribution in [-0.4, -0.2) is 20.4 Å². The van der Waals surface area contributed by atoms with Gasteiger partial charge in [0, 0.05) is 63.9 Å². The maximum Gasteiger partial charge on any atom is 0.155 e. The van der Waals surface area contributed by atoms with Gasteiger partial charge in [-0.2, -0.15) is 0 Å². The zero-order chi connectivity index (χ0) is 25.5. The average Bonchev–Trinajstić information content (AvgIpc) is 3.23. The molecule has 189 valence electrons. The van der Waals surface area contributed by atoms with E-state index in [-0.39, 0.29) is 31.6 Å². The van der Waals surface area contributed by atoms with Gasteiger partial charge in [0.2, 0.25) is 0 Å². The van der Waals surface area contributed by atoms with Gasteiger partial charge in [0.25, 0.3) is 0 Å². The van der Waals surface area contributed by atoms with Gasteiger partial charge >= 0.3 is 0 Å². The number of hydrogen-bond donors (Lipinski definition) is 1. The van der Waals surface area contributed by atoms with Crippen LogP contribution in [0.2, 0.25) is 0 Å². The van der Waals surface area contributed by atoms with Crippen LogP contribution in [0.3, 0.4) is 0 Å². The summed E-state index contributed by atoms with van der Waals surface area (Å²) in [6.07, 6.45) is 3.09. The first kappa shape index (κ1) is 25.8. The van der Waals surface area contributed by atoms with Gasteiger partial charge in [-0.25, -0.2) is 0 Å². The molecule has 1 N–H and O–H groups in total. The van der Waals surface area contributed by atoms with Crippen molar-refractivity contribution < 1.29 is 30.0 Å².